The number of pyridine rings is 1. The molecule has 4 nitrogen and oxygen atoms in total. The van der Waals surface area contributed by atoms with Gasteiger partial charge >= 0.3 is 0 Å². The standard InChI is InChI=1S/C14H21N3O/c1-3-17(10-12-6-4-9-16-12)14(18)13-7-5-8-15-11(13)2/h5,7-8,12,16H,3-4,6,9-10H2,1-2H3. The summed E-state index contributed by atoms with van der Waals surface area (Å²) in [5.41, 5.74) is 1.53. The maximum atomic E-state index is 12.4. The van der Waals surface area contributed by atoms with Crippen LogP contribution in [0.15, 0.2) is 18.3 Å². The van der Waals surface area contributed by atoms with Crippen LogP contribution in [0.4, 0.5) is 0 Å². The van der Waals surface area contributed by atoms with Crippen molar-refractivity contribution >= 4 is 5.91 Å². The lowest BCUT2D eigenvalue weighted by Gasteiger charge is -2.25. The lowest BCUT2D eigenvalue weighted by atomic mass is 10.1. The van der Waals surface area contributed by atoms with E-state index in [1.54, 1.807) is 6.20 Å². The van der Waals surface area contributed by atoms with Crippen molar-refractivity contribution in [3.05, 3.63) is 29.6 Å². The number of hydrogen-bond donors (Lipinski definition) is 1. The van der Waals surface area contributed by atoms with Crippen molar-refractivity contribution in [3.63, 3.8) is 0 Å². The summed E-state index contributed by atoms with van der Waals surface area (Å²) in [5, 5.41) is 3.43. The summed E-state index contributed by atoms with van der Waals surface area (Å²) in [6.07, 6.45) is 4.10. The molecule has 1 atom stereocenters. The van der Waals surface area contributed by atoms with E-state index < -0.39 is 0 Å². The van der Waals surface area contributed by atoms with Gasteiger partial charge in [0.1, 0.15) is 0 Å². The molecule has 0 aliphatic carbocycles. The van der Waals surface area contributed by atoms with Gasteiger partial charge in [0.25, 0.3) is 5.91 Å². The molecule has 98 valence electrons. The van der Waals surface area contributed by atoms with Gasteiger partial charge in [0.15, 0.2) is 0 Å². The van der Waals surface area contributed by atoms with Crippen LogP contribution in [0.1, 0.15) is 35.8 Å². The van der Waals surface area contributed by atoms with Crippen LogP contribution in [0.5, 0.6) is 0 Å². The van der Waals surface area contributed by atoms with Crippen LogP contribution >= 0.6 is 0 Å². The van der Waals surface area contributed by atoms with Crippen molar-refractivity contribution in [2.45, 2.75) is 32.7 Å². The fraction of sp³-hybridized carbons (Fsp3) is 0.571. The van der Waals surface area contributed by atoms with Gasteiger partial charge in [0.2, 0.25) is 0 Å². The number of aryl methyl sites for hydroxylation is 1. The molecular formula is C14H21N3O. The predicted octanol–water partition coefficient (Wildman–Crippen LogP) is 1.60. The van der Waals surface area contributed by atoms with Gasteiger partial charge in [-0.3, -0.25) is 9.78 Å². The highest BCUT2D eigenvalue weighted by molar-refractivity contribution is 5.95. The summed E-state index contributed by atoms with van der Waals surface area (Å²) in [6, 6.07) is 4.13. The molecule has 1 fully saturated rings. The highest BCUT2D eigenvalue weighted by atomic mass is 16.2. The molecule has 2 heterocycles. The third kappa shape index (κ3) is 2.88. The molecule has 18 heavy (non-hydrogen) atoms. The average molecular weight is 247 g/mol. The molecule has 0 radical (unpaired) electrons. The van der Waals surface area contributed by atoms with Gasteiger partial charge in [0.05, 0.1) is 5.56 Å². The fourth-order valence-electron chi connectivity index (χ4n) is 2.41. The zero-order valence-electron chi connectivity index (χ0n) is 11.1. The maximum absolute atomic E-state index is 12.4. The monoisotopic (exact) mass is 247 g/mol. The second kappa shape index (κ2) is 5.96. The van der Waals surface area contributed by atoms with Crippen LogP contribution in [-0.4, -0.2) is 41.5 Å². The SMILES string of the molecule is CCN(CC1CCCN1)C(=O)c1cccnc1C. The number of nitrogens with zero attached hydrogens (tertiary/aromatic N) is 2. The number of aromatic nitrogens is 1. The number of amides is 1. The Bertz CT molecular complexity index is 413. The van der Waals surface area contributed by atoms with E-state index in [4.69, 9.17) is 0 Å². The van der Waals surface area contributed by atoms with E-state index in [-0.39, 0.29) is 5.91 Å². The number of hydrogen-bond acceptors (Lipinski definition) is 3. The van der Waals surface area contributed by atoms with Crippen LogP contribution in [0.25, 0.3) is 0 Å². The first-order chi connectivity index (χ1) is 8.72. The molecule has 1 amide bonds. The topological polar surface area (TPSA) is 45.2 Å². The molecule has 0 saturated carbocycles. The molecule has 4 heteroatoms. The second-order valence-corrected chi connectivity index (χ2v) is 4.77. The average Bonchev–Trinajstić information content (AvgIpc) is 2.88. The molecule has 1 aromatic heterocycles. The Hall–Kier alpha value is -1.42. The first kappa shape index (κ1) is 13.0. The summed E-state index contributed by atoms with van der Waals surface area (Å²) in [5.74, 6) is 0.0943. The molecular weight excluding hydrogens is 226 g/mol. The minimum Gasteiger partial charge on any atom is -0.337 e. The van der Waals surface area contributed by atoms with Crippen molar-refractivity contribution < 1.29 is 4.79 Å². The Labute approximate surface area is 108 Å². The van der Waals surface area contributed by atoms with E-state index >= 15 is 0 Å². The minimum absolute atomic E-state index is 0.0943. The smallest absolute Gasteiger partial charge is 0.255 e. The maximum Gasteiger partial charge on any atom is 0.255 e. The van der Waals surface area contributed by atoms with Gasteiger partial charge in [-0.1, -0.05) is 0 Å². The normalized spacial score (nSPS) is 18.9. The van der Waals surface area contributed by atoms with E-state index in [2.05, 4.69) is 10.3 Å². The van der Waals surface area contributed by atoms with Gasteiger partial charge in [0, 0.05) is 31.0 Å². The molecule has 1 aromatic rings. The van der Waals surface area contributed by atoms with E-state index in [0.29, 0.717) is 6.04 Å². The fourth-order valence-corrected chi connectivity index (χ4v) is 2.41. The van der Waals surface area contributed by atoms with Crippen molar-refractivity contribution in [1.82, 2.24) is 15.2 Å². The highest BCUT2D eigenvalue weighted by Gasteiger charge is 2.22. The number of carbonyl (C=O) groups excluding carboxylic acids is 1. The Kier molecular flexibility index (Phi) is 4.31. The van der Waals surface area contributed by atoms with E-state index in [9.17, 15) is 4.79 Å². The van der Waals surface area contributed by atoms with Gasteiger partial charge in [-0.2, -0.15) is 0 Å². The van der Waals surface area contributed by atoms with Gasteiger partial charge < -0.3 is 10.2 Å². The molecule has 1 aliphatic heterocycles. The quantitative estimate of drug-likeness (QED) is 0.879. The number of rotatable bonds is 4. The van der Waals surface area contributed by atoms with Crippen molar-refractivity contribution in [3.8, 4) is 0 Å². The van der Waals surface area contributed by atoms with Gasteiger partial charge in [-0.25, -0.2) is 0 Å². The van der Waals surface area contributed by atoms with E-state index in [0.717, 1.165) is 37.3 Å². The predicted molar refractivity (Wildman–Crippen MR) is 71.6 cm³/mol. The molecule has 1 N–H and O–H groups in total. The summed E-state index contributed by atoms with van der Waals surface area (Å²) in [7, 11) is 0. The molecule has 2 rings (SSSR count). The zero-order valence-corrected chi connectivity index (χ0v) is 11.1. The van der Waals surface area contributed by atoms with Crippen molar-refractivity contribution in [1.29, 1.82) is 0 Å². The lowest BCUT2D eigenvalue weighted by molar-refractivity contribution is 0.0750. The van der Waals surface area contributed by atoms with Crippen molar-refractivity contribution in [2.75, 3.05) is 19.6 Å². The highest BCUT2D eigenvalue weighted by Crippen LogP contribution is 2.12. The Balaban J connectivity index is 2.07. The van der Waals surface area contributed by atoms with Gasteiger partial charge in [-0.15, -0.1) is 0 Å². The van der Waals surface area contributed by atoms with Crippen LogP contribution in [0, 0.1) is 6.92 Å². The molecule has 1 unspecified atom stereocenters. The van der Waals surface area contributed by atoms with Crippen LogP contribution in [0.2, 0.25) is 0 Å². The Morgan fingerprint density at radius 1 is 1.61 bits per heavy atom. The Morgan fingerprint density at radius 2 is 2.44 bits per heavy atom. The second-order valence-electron chi connectivity index (χ2n) is 4.77. The third-order valence-corrected chi connectivity index (χ3v) is 3.51. The largest absolute Gasteiger partial charge is 0.337 e. The molecule has 1 aliphatic rings. The minimum atomic E-state index is 0.0943. The summed E-state index contributed by atoms with van der Waals surface area (Å²) in [4.78, 5) is 18.5. The lowest BCUT2D eigenvalue weighted by Crippen LogP contribution is -2.41. The van der Waals surface area contributed by atoms with E-state index in [1.807, 2.05) is 30.9 Å². The summed E-state index contributed by atoms with van der Waals surface area (Å²) < 4.78 is 0. The summed E-state index contributed by atoms with van der Waals surface area (Å²) >= 11 is 0. The number of nitrogens with one attached hydrogen (secondary N) is 1. The van der Waals surface area contributed by atoms with Crippen molar-refractivity contribution in [2.24, 2.45) is 0 Å². The van der Waals surface area contributed by atoms with E-state index in [1.165, 1.54) is 6.42 Å². The van der Waals surface area contributed by atoms with Crippen LogP contribution < -0.4 is 5.32 Å². The molecule has 0 aromatic carbocycles. The molecule has 0 spiro atoms. The van der Waals surface area contributed by atoms with Gasteiger partial charge in [-0.05, 0) is 45.4 Å². The first-order valence-electron chi connectivity index (χ1n) is 6.66. The third-order valence-electron chi connectivity index (χ3n) is 3.51. The number of likely N-dealkylation sites (N-methyl/N-ethyl adjacent to an activating group) is 1. The number of carbonyl (C=O) groups is 1. The zero-order chi connectivity index (χ0) is 13.0. The van der Waals surface area contributed by atoms with Crippen LogP contribution in [-0.2, 0) is 0 Å². The Morgan fingerprint density at radius 3 is 3.06 bits per heavy atom. The molecule has 0 bridgehead atoms. The summed E-state index contributed by atoms with van der Waals surface area (Å²) in [6.45, 7) is 6.52. The molecule has 1 saturated heterocycles. The first-order valence-corrected chi connectivity index (χ1v) is 6.66. The van der Waals surface area contributed by atoms with Crippen LogP contribution in [0.3, 0.4) is 0 Å².